The smallest absolute Gasteiger partial charge is 0.289 e. The van der Waals surface area contributed by atoms with Gasteiger partial charge >= 0.3 is 0 Å². The standard InChI is InChI=1S/C26H31N7O3/c1-16-13-18-15-19(24(34)27-20(18)14-17(16)2)22(23-28-29-30-33(23)26(3,4)5)31-8-10-32(11-9-31)25(35)21-7-6-12-36-21/h6-7,12-15,22H,8-11H2,1-5H3,(H,27,34)/t22-/m1/s1. The zero-order chi connectivity index (χ0) is 25.6. The van der Waals surface area contributed by atoms with Gasteiger partial charge in [-0.2, -0.15) is 0 Å². The van der Waals surface area contributed by atoms with Gasteiger partial charge in [0, 0.05) is 37.3 Å². The maximum absolute atomic E-state index is 13.5. The molecule has 1 aliphatic rings. The van der Waals surface area contributed by atoms with E-state index in [-0.39, 0.29) is 17.0 Å². The van der Waals surface area contributed by atoms with E-state index in [4.69, 9.17) is 4.42 Å². The van der Waals surface area contributed by atoms with Gasteiger partial charge in [0.25, 0.3) is 11.5 Å². The molecule has 1 saturated heterocycles. The molecule has 0 radical (unpaired) electrons. The molecule has 1 fully saturated rings. The Morgan fingerprint density at radius 2 is 1.81 bits per heavy atom. The minimum Gasteiger partial charge on any atom is -0.459 e. The number of nitrogens with zero attached hydrogens (tertiary/aromatic N) is 6. The summed E-state index contributed by atoms with van der Waals surface area (Å²) in [6.45, 7) is 12.3. The number of fused-ring (bicyclic) bond motifs is 1. The summed E-state index contributed by atoms with van der Waals surface area (Å²) in [5.74, 6) is 0.792. The first-order valence-corrected chi connectivity index (χ1v) is 12.1. The van der Waals surface area contributed by atoms with Gasteiger partial charge in [-0.25, -0.2) is 4.68 Å². The summed E-state index contributed by atoms with van der Waals surface area (Å²) in [5, 5.41) is 13.6. The second-order valence-electron chi connectivity index (χ2n) is 10.4. The highest BCUT2D eigenvalue weighted by Gasteiger charge is 2.36. The number of amides is 1. The summed E-state index contributed by atoms with van der Waals surface area (Å²) in [4.78, 5) is 33.3. The molecule has 3 aromatic heterocycles. The zero-order valence-corrected chi connectivity index (χ0v) is 21.3. The lowest BCUT2D eigenvalue weighted by Crippen LogP contribution is -2.51. The minimum absolute atomic E-state index is 0.134. The number of H-pyrrole nitrogens is 1. The number of carbonyl (C=O) groups excluding carboxylic acids is 1. The van der Waals surface area contributed by atoms with Gasteiger partial charge in [0.1, 0.15) is 6.04 Å². The Balaban J connectivity index is 1.55. The topological polar surface area (TPSA) is 113 Å². The summed E-state index contributed by atoms with van der Waals surface area (Å²) in [6, 6.07) is 8.95. The van der Waals surface area contributed by atoms with Crippen molar-refractivity contribution in [3.05, 3.63) is 75.2 Å². The largest absolute Gasteiger partial charge is 0.459 e. The Labute approximate surface area is 208 Å². The first-order chi connectivity index (χ1) is 17.1. The number of hydrogen-bond acceptors (Lipinski definition) is 7. The summed E-state index contributed by atoms with van der Waals surface area (Å²) in [5.41, 5.74) is 3.10. The van der Waals surface area contributed by atoms with Gasteiger partial charge in [-0.05, 0) is 91.9 Å². The van der Waals surface area contributed by atoms with Crippen molar-refractivity contribution in [2.45, 2.75) is 46.2 Å². The second-order valence-corrected chi connectivity index (χ2v) is 10.4. The number of piperazine rings is 1. The lowest BCUT2D eigenvalue weighted by molar-refractivity contribution is 0.0555. The monoisotopic (exact) mass is 489 g/mol. The van der Waals surface area contributed by atoms with Gasteiger partial charge in [-0.3, -0.25) is 14.5 Å². The van der Waals surface area contributed by atoms with E-state index in [9.17, 15) is 9.59 Å². The van der Waals surface area contributed by atoms with Crippen LogP contribution in [0.5, 0.6) is 0 Å². The molecule has 0 spiro atoms. The third-order valence-corrected chi connectivity index (χ3v) is 6.85. The van der Waals surface area contributed by atoms with Crippen molar-refractivity contribution in [2.75, 3.05) is 26.2 Å². The molecule has 4 heterocycles. The first kappa shape index (κ1) is 23.9. The average Bonchev–Trinajstić information content (AvgIpc) is 3.53. The third-order valence-electron chi connectivity index (χ3n) is 6.85. The van der Waals surface area contributed by atoms with E-state index in [2.05, 4.69) is 38.4 Å². The third kappa shape index (κ3) is 4.32. The number of tetrazole rings is 1. The van der Waals surface area contributed by atoms with Crippen LogP contribution in [-0.2, 0) is 5.54 Å². The molecule has 1 atom stereocenters. The lowest BCUT2D eigenvalue weighted by Gasteiger charge is -2.39. The summed E-state index contributed by atoms with van der Waals surface area (Å²) in [7, 11) is 0. The highest BCUT2D eigenvalue weighted by Crippen LogP contribution is 2.30. The predicted molar refractivity (Wildman–Crippen MR) is 135 cm³/mol. The number of hydrogen-bond donors (Lipinski definition) is 1. The van der Waals surface area contributed by atoms with Gasteiger partial charge < -0.3 is 14.3 Å². The Kier molecular flexibility index (Phi) is 5.99. The molecule has 1 N–H and O–H groups in total. The maximum Gasteiger partial charge on any atom is 0.289 e. The fraction of sp³-hybridized carbons (Fsp3) is 0.423. The molecule has 0 aliphatic carbocycles. The number of nitrogens with one attached hydrogen (secondary N) is 1. The highest BCUT2D eigenvalue weighted by atomic mass is 16.3. The van der Waals surface area contributed by atoms with Gasteiger partial charge in [0.15, 0.2) is 11.6 Å². The van der Waals surface area contributed by atoms with Crippen LogP contribution in [0.15, 0.2) is 45.8 Å². The van der Waals surface area contributed by atoms with Crippen LogP contribution in [0, 0.1) is 13.8 Å². The van der Waals surface area contributed by atoms with Gasteiger partial charge in [-0.1, -0.05) is 0 Å². The molecule has 0 bridgehead atoms. The van der Waals surface area contributed by atoms with Crippen LogP contribution < -0.4 is 5.56 Å². The number of pyridine rings is 1. The van der Waals surface area contributed by atoms with E-state index < -0.39 is 6.04 Å². The predicted octanol–water partition coefficient (Wildman–Crippen LogP) is 3.03. The van der Waals surface area contributed by atoms with Crippen molar-refractivity contribution in [1.82, 2.24) is 35.0 Å². The maximum atomic E-state index is 13.5. The van der Waals surface area contributed by atoms with Crippen LogP contribution >= 0.6 is 0 Å². The molecule has 1 aromatic carbocycles. The van der Waals surface area contributed by atoms with Gasteiger partial charge in [-0.15, -0.1) is 5.10 Å². The van der Waals surface area contributed by atoms with Crippen LogP contribution in [0.4, 0.5) is 0 Å². The zero-order valence-electron chi connectivity index (χ0n) is 21.3. The summed E-state index contributed by atoms with van der Waals surface area (Å²) < 4.78 is 7.08. The van der Waals surface area contributed by atoms with Crippen molar-refractivity contribution < 1.29 is 9.21 Å². The molecule has 1 aliphatic heterocycles. The molecular formula is C26H31N7O3. The number of furan rings is 1. The number of carbonyl (C=O) groups is 1. The number of aryl methyl sites for hydroxylation is 2. The molecule has 4 aromatic rings. The lowest BCUT2D eigenvalue weighted by atomic mass is 9.99. The molecule has 1 amide bonds. The molecule has 10 nitrogen and oxygen atoms in total. The Morgan fingerprint density at radius 3 is 2.47 bits per heavy atom. The van der Waals surface area contributed by atoms with Crippen molar-refractivity contribution in [1.29, 1.82) is 0 Å². The Bertz CT molecular complexity index is 1460. The molecular weight excluding hydrogens is 458 g/mol. The van der Waals surface area contributed by atoms with Crippen LogP contribution in [0.2, 0.25) is 0 Å². The van der Waals surface area contributed by atoms with E-state index in [0.29, 0.717) is 43.3 Å². The van der Waals surface area contributed by atoms with E-state index in [1.807, 2.05) is 39.8 Å². The molecule has 188 valence electrons. The summed E-state index contributed by atoms with van der Waals surface area (Å²) in [6.07, 6.45) is 1.50. The fourth-order valence-corrected chi connectivity index (χ4v) is 4.78. The molecule has 36 heavy (non-hydrogen) atoms. The number of aromatic nitrogens is 5. The van der Waals surface area contributed by atoms with Crippen LogP contribution in [0.3, 0.4) is 0 Å². The quantitative estimate of drug-likeness (QED) is 0.469. The van der Waals surface area contributed by atoms with Crippen LogP contribution in [0.1, 0.15) is 59.9 Å². The normalized spacial score (nSPS) is 16.0. The van der Waals surface area contributed by atoms with Crippen molar-refractivity contribution in [3.63, 3.8) is 0 Å². The number of aromatic amines is 1. The van der Waals surface area contributed by atoms with Crippen LogP contribution in [-0.4, -0.2) is 67.1 Å². The fourth-order valence-electron chi connectivity index (χ4n) is 4.78. The molecule has 10 heteroatoms. The van der Waals surface area contributed by atoms with E-state index in [1.165, 1.54) is 6.26 Å². The SMILES string of the molecule is Cc1cc2cc([C@H](c3nnnn3C(C)(C)C)N3CCN(C(=O)c4ccco4)CC3)c(=O)[nH]c2cc1C. The minimum atomic E-state index is -0.477. The number of rotatable bonds is 4. The first-order valence-electron chi connectivity index (χ1n) is 12.1. The second kappa shape index (κ2) is 9.02. The molecule has 5 rings (SSSR count). The van der Waals surface area contributed by atoms with Gasteiger partial charge in [0.05, 0.1) is 11.8 Å². The Hall–Kier alpha value is -3.79. The van der Waals surface area contributed by atoms with Crippen molar-refractivity contribution >= 4 is 16.8 Å². The highest BCUT2D eigenvalue weighted by molar-refractivity contribution is 5.91. The Morgan fingerprint density at radius 1 is 1.08 bits per heavy atom. The summed E-state index contributed by atoms with van der Waals surface area (Å²) >= 11 is 0. The molecule has 0 unspecified atom stereocenters. The van der Waals surface area contributed by atoms with Crippen molar-refractivity contribution in [3.8, 4) is 0 Å². The van der Waals surface area contributed by atoms with Crippen molar-refractivity contribution in [2.24, 2.45) is 0 Å². The average molecular weight is 490 g/mol. The van der Waals surface area contributed by atoms with E-state index in [1.54, 1.807) is 21.7 Å². The number of benzene rings is 1. The molecule has 0 saturated carbocycles. The van der Waals surface area contributed by atoms with E-state index >= 15 is 0 Å². The van der Waals surface area contributed by atoms with Gasteiger partial charge in [0.2, 0.25) is 0 Å². The van der Waals surface area contributed by atoms with Crippen LogP contribution in [0.25, 0.3) is 10.9 Å². The van der Waals surface area contributed by atoms with E-state index in [0.717, 1.165) is 22.0 Å².